The van der Waals surface area contributed by atoms with Crippen molar-refractivity contribution in [1.82, 2.24) is 9.88 Å². The van der Waals surface area contributed by atoms with Crippen LogP contribution in [0.2, 0.25) is 5.02 Å². The molecule has 1 aromatic heterocycles. The number of carbonyl (C=O) groups is 1. The van der Waals surface area contributed by atoms with Gasteiger partial charge in [-0.15, -0.1) is 0 Å². The molecule has 1 saturated heterocycles. The zero-order valence-electron chi connectivity index (χ0n) is 12.4. The van der Waals surface area contributed by atoms with Crippen LogP contribution in [0, 0.1) is 0 Å². The molecule has 3 rings (SSSR count). The van der Waals surface area contributed by atoms with Gasteiger partial charge in [0, 0.05) is 34.7 Å². The van der Waals surface area contributed by atoms with Gasteiger partial charge in [-0.2, -0.15) is 0 Å². The molecule has 1 amide bonds. The molecule has 1 N–H and O–H groups in total. The Balaban J connectivity index is 1.79. The summed E-state index contributed by atoms with van der Waals surface area (Å²) in [5.74, 6) is 0.248. The molecule has 1 fully saturated rings. The molecule has 112 valence electrons. The van der Waals surface area contributed by atoms with Gasteiger partial charge in [-0.3, -0.25) is 4.79 Å². The maximum absolute atomic E-state index is 12.6. The van der Waals surface area contributed by atoms with Crippen molar-refractivity contribution in [2.24, 2.45) is 0 Å². The van der Waals surface area contributed by atoms with Crippen LogP contribution in [0.3, 0.4) is 0 Å². The molecule has 1 aliphatic heterocycles. The molecular formula is C17H21ClN2O. The molecule has 1 unspecified atom stereocenters. The molecule has 1 aromatic carbocycles. The van der Waals surface area contributed by atoms with Crippen molar-refractivity contribution >= 4 is 28.4 Å². The summed E-state index contributed by atoms with van der Waals surface area (Å²) in [6.07, 6.45) is 6.97. The molecule has 2 aromatic rings. The van der Waals surface area contributed by atoms with E-state index >= 15 is 0 Å². The van der Waals surface area contributed by atoms with Crippen LogP contribution in [0.5, 0.6) is 0 Å². The summed E-state index contributed by atoms with van der Waals surface area (Å²) >= 11 is 6.00. The van der Waals surface area contributed by atoms with Crippen LogP contribution in [0.4, 0.5) is 0 Å². The van der Waals surface area contributed by atoms with E-state index in [2.05, 4.69) is 16.8 Å². The Morgan fingerprint density at radius 2 is 2.29 bits per heavy atom. The van der Waals surface area contributed by atoms with Crippen molar-refractivity contribution in [2.45, 2.75) is 45.1 Å². The van der Waals surface area contributed by atoms with Gasteiger partial charge in [-0.05, 0) is 43.4 Å². The monoisotopic (exact) mass is 304 g/mol. The fourth-order valence-corrected chi connectivity index (χ4v) is 3.49. The summed E-state index contributed by atoms with van der Waals surface area (Å²) in [5, 5.41) is 1.81. The molecule has 1 atom stereocenters. The Morgan fingerprint density at radius 3 is 3.10 bits per heavy atom. The third-order valence-corrected chi connectivity index (χ3v) is 4.72. The second kappa shape index (κ2) is 6.10. The summed E-state index contributed by atoms with van der Waals surface area (Å²) in [4.78, 5) is 17.9. The van der Waals surface area contributed by atoms with Crippen LogP contribution in [0.15, 0.2) is 24.4 Å². The minimum Gasteiger partial charge on any atom is -0.361 e. The molecule has 4 heteroatoms. The molecule has 3 nitrogen and oxygen atoms in total. The number of likely N-dealkylation sites (tertiary alicyclic amines) is 1. The average Bonchev–Trinajstić information content (AvgIpc) is 2.89. The first-order chi connectivity index (χ1) is 10.2. The molecule has 2 heterocycles. The van der Waals surface area contributed by atoms with E-state index in [-0.39, 0.29) is 5.91 Å². The second-order valence-electron chi connectivity index (χ2n) is 5.83. The van der Waals surface area contributed by atoms with E-state index in [4.69, 9.17) is 11.6 Å². The smallest absolute Gasteiger partial charge is 0.227 e. The summed E-state index contributed by atoms with van der Waals surface area (Å²) in [6, 6.07) is 6.19. The third-order valence-electron chi connectivity index (χ3n) is 4.49. The van der Waals surface area contributed by atoms with Crippen LogP contribution in [-0.2, 0) is 11.2 Å². The highest BCUT2D eigenvalue weighted by Gasteiger charge is 2.25. The fourth-order valence-electron chi connectivity index (χ4n) is 3.32. The van der Waals surface area contributed by atoms with Crippen LogP contribution in [-0.4, -0.2) is 28.4 Å². The number of aromatic nitrogens is 1. The van der Waals surface area contributed by atoms with Crippen LogP contribution in [0.25, 0.3) is 10.9 Å². The van der Waals surface area contributed by atoms with Gasteiger partial charge in [-0.1, -0.05) is 24.6 Å². The molecule has 0 bridgehead atoms. The quantitative estimate of drug-likeness (QED) is 0.908. The van der Waals surface area contributed by atoms with Crippen LogP contribution >= 0.6 is 11.6 Å². The number of fused-ring (bicyclic) bond motifs is 1. The zero-order chi connectivity index (χ0) is 14.8. The highest BCUT2D eigenvalue weighted by atomic mass is 35.5. The van der Waals surface area contributed by atoms with Crippen molar-refractivity contribution < 1.29 is 4.79 Å². The third kappa shape index (κ3) is 2.93. The van der Waals surface area contributed by atoms with Crippen LogP contribution < -0.4 is 0 Å². The summed E-state index contributed by atoms with van der Waals surface area (Å²) in [6.45, 7) is 3.08. The first kappa shape index (κ1) is 14.5. The number of halogens is 1. The van der Waals surface area contributed by atoms with E-state index in [1.807, 2.05) is 24.4 Å². The second-order valence-corrected chi connectivity index (χ2v) is 6.26. The Kier molecular flexibility index (Phi) is 4.20. The number of rotatable bonds is 3. The Hall–Kier alpha value is -1.48. The maximum atomic E-state index is 12.6. The lowest BCUT2D eigenvalue weighted by Crippen LogP contribution is -2.44. The lowest BCUT2D eigenvalue weighted by atomic mass is 9.99. The Morgan fingerprint density at radius 1 is 1.43 bits per heavy atom. The lowest BCUT2D eigenvalue weighted by Gasteiger charge is -2.35. The predicted molar refractivity (Wildman–Crippen MR) is 86.7 cm³/mol. The van der Waals surface area contributed by atoms with Crippen molar-refractivity contribution in [2.75, 3.05) is 6.54 Å². The van der Waals surface area contributed by atoms with Gasteiger partial charge in [-0.25, -0.2) is 0 Å². The van der Waals surface area contributed by atoms with E-state index < -0.39 is 0 Å². The number of benzene rings is 1. The Labute approximate surface area is 130 Å². The highest BCUT2D eigenvalue weighted by Crippen LogP contribution is 2.25. The summed E-state index contributed by atoms with van der Waals surface area (Å²) < 4.78 is 0. The van der Waals surface area contributed by atoms with Gasteiger partial charge in [0.2, 0.25) is 5.91 Å². The van der Waals surface area contributed by atoms with Crippen molar-refractivity contribution in [3.8, 4) is 0 Å². The number of nitrogens with one attached hydrogen (secondary N) is 1. The van der Waals surface area contributed by atoms with Crippen molar-refractivity contribution in [3.05, 3.63) is 35.0 Å². The van der Waals surface area contributed by atoms with E-state index in [9.17, 15) is 4.79 Å². The van der Waals surface area contributed by atoms with Gasteiger partial charge in [0.1, 0.15) is 0 Å². The number of piperidine rings is 1. The van der Waals surface area contributed by atoms with Crippen molar-refractivity contribution in [1.29, 1.82) is 0 Å². The van der Waals surface area contributed by atoms with Gasteiger partial charge in [0.15, 0.2) is 0 Å². The molecule has 0 saturated carbocycles. The number of hydrogen-bond acceptors (Lipinski definition) is 1. The molecule has 0 radical (unpaired) electrons. The maximum Gasteiger partial charge on any atom is 0.227 e. The van der Waals surface area contributed by atoms with E-state index in [0.29, 0.717) is 17.5 Å². The predicted octanol–water partition coefficient (Wildman–Crippen LogP) is 4.15. The highest BCUT2D eigenvalue weighted by molar-refractivity contribution is 6.31. The summed E-state index contributed by atoms with van der Waals surface area (Å²) in [5.41, 5.74) is 2.06. The average molecular weight is 305 g/mol. The number of H-pyrrole nitrogens is 1. The SMILES string of the molecule is CCC1CCCCN1C(=O)Cc1c[nH]c2cc(Cl)ccc12. The van der Waals surface area contributed by atoms with Gasteiger partial charge in [0.05, 0.1) is 6.42 Å². The number of nitrogens with zero attached hydrogens (tertiary/aromatic N) is 1. The fraction of sp³-hybridized carbons (Fsp3) is 0.471. The first-order valence-electron chi connectivity index (χ1n) is 7.74. The molecule has 21 heavy (non-hydrogen) atoms. The molecule has 0 spiro atoms. The van der Waals surface area contributed by atoms with Gasteiger partial charge >= 0.3 is 0 Å². The van der Waals surface area contributed by atoms with E-state index in [0.717, 1.165) is 42.3 Å². The topological polar surface area (TPSA) is 36.1 Å². The number of aromatic amines is 1. The normalized spacial score (nSPS) is 19.1. The minimum atomic E-state index is 0.248. The van der Waals surface area contributed by atoms with Gasteiger partial charge in [0.25, 0.3) is 0 Å². The molecule has 0 aliphatic carbocycles. The lowest BCUT2D eigenvalue weighted by molar-refractivity contribution is -0.134. The molecular weight excluding hydrogens is 284 g/mol. The van der Waals surface area contributed by atoms with Crippen LogP contribution in [0.1, 0.15) is 38.2 Å². The first-order valence-corrected chi connectivity index (χ1v) is 8.12. The Bertz CT molecular complexity index is 649. The van der Waals surface area contributed by atoms with Crippen molar-refractivity contribution in [3.63, 3.8) is 0 Å². The number of hydrogen-bond donors (Lipinski definition) is 1. The molecule has 1 aliphatic rings. The minimum absolute atomic E-state index is 0.248. The number of amides is 1. The van der Waals surface area contributed by atoms with Gasteiger partial charge < -0.3 is 9.88 Å². The largest absolute Gasteiger partial charge is 0.361 e. The number of carbonyl (C=O) groups excluding carboxylic acids is 1. The standard InChI is InChI=1S/C17H21ClN2O/c1-2-14-5-3-4-8-20(14)17(21)9-12-11-19-16-10-13(18)6-7-15(12)16/h6-7,10-11,14,19H,2-5,8-9H2,1H3. The summed E-state index contributed by atoms with van der Waals surface area (Å²) in [7, 11) is 0. The zero-order valence-corrected chi connectivity index (χ0v) is 13.1. The van der Waals surface area contributed by atoms with E-state index in [1.54, 1.807) is 0 Å². The van der Waals surface area contributed by atoms with E-state index in [1.165, 1.54) is 6.42 Å².